The fourth-order valence-electron chi connectivity index (χ4n) is 2.31. The number of hydrogen-bond donors (Lipinski definition) is 4. The molecule has 1 aromatic rings. The largest absolute Gasteiger partial charge is 0.444 e. The third-order valence-corrected chi connectivity index (χ3v) is 3.75. The van der Waals surface area contributed by atoms with Gasteiger partial charge >= 0.3 is 6.09 Å². The standard InChI is InChI=1S/C21H34FN5O3/c1-6-23-19(25-10-7-11-27-20(29)30-21(3,4)5)26-13-12-24-18(28)16-9-8-15(2)17(22)14-16/h8-9,14H,6-7,10-13H2,1-5H3,(H,24,28)(H,27,29)(H2,23,25,26). The lowest BCUT2D eigenvalue weighted by molar-refractivity contribution is 0.0527. The van der Waals surface area contributed by atoms with Gasteiger partial charge in [0, 0.05) is 38.3 Å². The lowest BCUT2D eigenvalue weighted by atomic mass is 10.1. The third-order valence-electron chi connectivity index (χ3n) is 3.75. The summed E-state index contributed by atoms with van der Waals surface area (Å²) in [5.41, 5.74) is 0.269. The molecule has 2 amide bonds. The summed E-state index contributed by atoms with van der Waals surface area (Å²) in [5, 5.41) is 11.7. The number of hydrogen-bond acceptors (Lipinski definition) is 4. The van der Waals surface area contributed by atoms with E-state index in [9.17, 15) is 14.0 Å². The minimum Gasteiger partial charge on any atom is -0.444 e. The van der Waals surface area contributed by atoms with E-state index in [0.717, 1.165) is 0 Å². The first kappa shape index (κ1) is 25.2. The van der Waals surface area contributed by atoms with Crippen LogP contribution in [0.2, 0.25) is 0 Å². The Morgan fingerprint density at radius 3 is 2.40 bits per heavy atom. The number of ether oxygens (including phenoxy) is 1. The van der Waals surface area contributed by atoms with Crippen molar-refractivity contribution in [3.63, 3.8) is 0 Å². The Kier molecular flexibility index (Phi) is 10.6. The molecular formula is C21H34FN5O3. The van der Waals surface area contributed by atoms with Crippen LogP contribution in [-0.4, -0.2) is 56.3 Å². The monoisotopic (exact) mass is 423 g/mol. The second-order valence-electron chi connectivity index (χ2n) is 7.69. The van der Waals surface area contributed by atoms with Crippen molar-refractivity contribution < 1.29 is 18.7 Å². The maximum atomic E-state index is 13.6. The molecule has 0 aliphatic carbocycles. The Morgan fingerprint density at radius 1 is 1.07 bits per heavy atom. The minimum absolute atomic E-state index is 0.288. The highest BCUT2D eigenvalue weighted by Crippen LogP contribution is 2.09. The van der Waals surface area contributed by atoms with Gasteiger partial charge in [-0.3, -0.25) is 9.79 Å². The molecule has 0 saturated heterocycles. The van der Waals surface area contributed by atoms with E-state index in [-0.39, 0.29) is 11.5 Å². The van der Waals surface area contributed by atoms with Crippen molar-refractivity contribution >= 4 is 18.0 Å². The highest BCUT2D eigenvalue weighted by atomic mass is 19.1. The molecule has 0 aliphatic heterocycles. The zero-order chi connectivity index (χ0) is 22.6. The summed E-state index contributed by atoms with van der Waals surface area (Å²) < 4.78 is 18.7. The van der Waals surface area contributed by atoms with Crippen LogP contribution in [0.4, 0.5) is 9.18 Å². The summed E-state index contributed by atoms with van der Waals surface area (Å²) in [6.07, 6.45) is 0.214. The lowest BCUT2D eigenvalue weighted by Crippen LogP contribution is -2.41. The molecule has 0 aromatic heterocycles. The Hall–Kier alpha value is -2.84. The fourth-order valence-corrected chi connectivity index (χ4v) is 2.31. The van der Waals surface area contributed by atoms with Gasteiger partial charge in [0.1, 0.15) is 11.4 Å². The zero-order valence-corrected chi connectivity index (χ0v) is 18.5. The molecule has 8 nitrogen and oxygen atoms in total. The second kappa shape index (κ2) is 12.7. The van der Waals surface area contributed by atoms with Crippen LogP contribution in [0, 0.1) is 12.7 Å². The van der Waals surface area contributed by atoms with Gasteiger partial charge in [0.05, 0.1) is 0 Å². The van der Waals surface area contributed by atoms with Gasteiger partial charge in [-0.05, 0) is 58.7 Å². The number of carbonyl (C=O) groups is 2. The molecule has 0 unspecified atom stereocenters. The molecule has 1 rings (SSSR count). The van der Waals surface area contributed by atoms with E-state index in [1.54, 1.807) is 19.1 Å². The van der Waals surface area contributed by atoms with E-state index in [4.69, 9.17) is 4.74 Å². The molecule has 9 heteroatoms. The number of benzene rings is 1. The summed E-state index contributed by atoms with van der Waals surface area (Å²) in [5.74, 6) is -0.111. The maximum absolute atomic E-state index is 13.6. The number of guanidine groups is 1. The summed E-state index contributed by atoms with van der Waals surface area (Å²) in [6, 6.07) is 4.41. The van der Waals surface area contributed by atoms with Crippen LogP contribution < -0.4 is 21.3 Å². The van der Waals surface area contributed by atoms with Crippen LogP contribution in [0.1, 0.15) is 50.0 Å². The third kappa shape index (κ3) is 10.6. The molecule has 168 valence electrons. The molecule has 1 aromatic carbocycles. The van der Waals surface area contributed by atoms with Crippen molar-refractivity contribution in [2.75, 3.05) is 32.7 Å². The number of halogens is 1. The first-order valence-electron chi connectivity index (χ1n) is 10.2. The number of aryl methyl sites for hydroxylation is 1. The molecule has 0 heterocycles. The summed E-state index contributed by atoms with van der Waals surface area (Å²) >= 11 is 0. The maximum Gasteiger partial charge on any atom is 0.407 e. The van der Waals surface area contributed by atoms with Gasteiger partial charge in [0.25, 0.3) is 5.91 Å². The van der Waals surface area contributed by atoms with Crippen molar-refractivity contribution in [2.45, 2.75) is 46.6 Å². The Labute approximate surface area is 178 Å². The minimum atomic E-state index is -0.520. The highest BCUT2D eigenvalue weighted by Gasteiger charge is 2.15. The first-order chi connectivity index (χ1) is 14.1. The van der Waals surface area contributed by atoms with Gasteiger partial charge in [-0.2, -0.15) is 0 Å². The van der Waals surface area contributed by atoms with Crippen LogP contribution in [0.15, 0.2) is 23.2 Å². The normalized spacial score (nSPS) is 11.6. The van der Waals surface area contributed by atoms with Crippen molar-refractivity contribution in [1.82, 2.24) is 21.3 Å². The van der Waals surface area contributed by atoms with Gasteiger partial charge in [-0.1, -0.05) is 6.07 Å². The molecule has 0 radical (unpaired) electrons. The molecule has 0 saturated carbocycles. The van der Waals surface area contributed by atoms with Crippen LogP contribution >= 0.6 is 0 Å². The predicted octanol–water partition coefficient (Wildman–Crippen LogP) is 2.33. The second-order valence-corrected chi connectivity index (χ2v) is 7.69. The summed E-state index contributed by atoms with van der Waals surface area (Å²) in [4.78, 5) is 28.1. The summed E-state index contributed by atoms with van der Waals surface area (Å²) in [6.45, 7) is 11.5. The lowest BCUT2D eigenvalue weighted by Gasteiger charge is -2.19. The van der Waals surface area contributed by atoms with Gasteiger partial charge in [-0.15, -0.1) is 0 Å². The van der Waals surface area contributed by atoms with E-state index < -0.39 is 17.5 Å². The van der Waals surface area contributed by atoms with Gasteiger partial charge in [-0.25, -0.2) is 9.18 Å². The van der Waals surface area contributed by atoms with Crippen molar-refractivity contribution in [3.8, 4) is 0 Å². The molecule has 0 bridgehead atoms. The molecule has 0 fully saturated rings. The van der Waals surface area contributed by atoms with Crippen molar-refractivity contribution in [2.24, 2.45) is 4.99 Å². The molecule has 4 N–H and O–H groups in total. The van der Waals surface area contributed by atoms with E-state index in [0.29, 0.717) is 50.7 Å². The number of aliphatic imine (C=N–C) groups is 1. The van der Waals surface area contributed by atoms with Gasteiger partial charge in [0.15, 0.2) is 5.96 Å². The highest BCUT2D eigenvalue weighted by molar-refractivity contribution is 5.94. The summed E-state index contributed by atoms with van der Waals surface area (Å²) in [7, 11) is 0. The van der Waals surface area contributed by atoms with E-state index >= 15 is 0 Å². The number of alkyl carbamates (subject to hydrolysis) is 1. The van der Waals surface area contributed by atoms with Crippen LogP contribution in [0.25, 0.3) is 0 Å². The smallest absolute Gasteiger partial charge is 0.407 e. The Balaban J connectivity index is 2.31. The van der Waals surface area contributed by atoms with Gasteiger partial charge in [0.2, 0.25) is 0 Å². The average molecular weight is 424 g/mol. The number of nitrogens with zero attached hydrogens (tertiary/aromatic N) is 1. The fraction of sp³-hybridized carbons (Fsp3) is 0.571. The molecule has 0 atom stereocenters. The molecule has 0 aliphatic rings. The van der Waals surface area contributed by atoms with E-state index in [1.165, 1.54) is 6.07 Å². The van der Waals surface area contributed by atoms with Crippen molar-refractivity contribution in [1.29, 1.82) is 0 Å². The number of nitrogens with one attached hydrogen (secondary N) is 4. The SMILES string of the molecule is CCNC(=NCCCNC(=O)OC(C)(C)C)NCCNC(=O)c1ccc(C)c(F)c1. The van der Waals surface area contributed by atoms with Crippen LogP contribution in [-0.2, 0) is 4.74 Å². The Morgan fingerprint density at radius 2 is 1.77 bits per heavy atom. The number of carbonyl (C=O) groups excluding carboxylic acids is 2. The quantitative estimate of drug-likeness (QED) is 0.277. The average Bonchev–Trinajstić information content (AvgIpc) is 2.65. The van der Waals surface area contributed by atoms with E-state index in [1.807, 2.05) is 27.7 Å². The first-order valence-corrected chi connectivity index (χ1v) is 10.2. The molecular weight excluding hydrogens is 389 g/mol. The number of rotatable bonds is 9. The van der Waals surface area contributed by atoms with E-state index in [2.05, 4.69) is 26.3 Å². The number of amides is 2. The Bertz CT molecular complexity index is 732. The molecule has 0 spiro atoms. The van der Waals surface area contributed by atoms with Gasteiger partial charge < -0.3 is 26.0 Å². The zero-order valence-electron chi connectivity index (χ0n) is 18.5. The topological polar surface area (TPSA) is 104 Å². The van der Waals surface area contributed by atoms with Crippen LogP contribution in [0.3, 0.4) is 0 Å². The van der Waals surface area contributed by atoms with Crippen LogP contribution in [0.5, 0.6) is 0 Å². The molecule has 30 heavy (non-hydrogen) atoms. The van der Waals surface area contributed by atoms with Crippen molar-refractivity contribution in [3.05, 3.63) is 35.1 Å². The predicted molar refractivity (Wildman–Crippen MR) is 116 cm³/mol.